The Bertz CT molecular complexity index is 677. The Morgan fingerprint density at radius 3 is 2.90 bits per heavy atom. The third-order valence-corrected chi connectivity index (χ3v) is 2.34. The molecular formula is C11H8F2N6O. The number of anilines is 1. The number of allylic oxidation sites excluding steroid dienone is 1. The van der Waals surface area contributed by atoms with E-state index < -0.39 is 17.3 Å². The van der Waals surface area contributed by atoms with Crippen molar-refractivity contribution in [1.29, 1.82) is 5.26 Å². The van der Waals surface area contributed by atoms with E-state index in [1.807, 2.05) is 0 Å². The fourth-order valence-electron chi connectivity index (χ4n) is 1.39. The lowest BCUT2D eigenvalue weighted by atomic mass is 10.2. The van der Waals surface area contributed by atoms with Gasteiger partial charge in [-0.2, -0.15) is 10.5 Å². The fourth-order valence-corrected chi connectivity index (χ4v) is 1.39. The second kappa shape index (κ2) is 5.75. The van der Waals surface area contributed by atoms with E-state index in [1.54, 1.807) is 6.07 Å². The molecule has 0 spiro atoms. The van der Waals surface area contributed by atoms with Crippen molar-refractivity contribution in [3.05, 3.63) is 35.8 Å². The van der Waals surface area contributed by atoms with Crippen LogP contribution in [0.4, 0.5) is 14.5 Å². The van der Waals surface area contributed by atoms with Crippen LogP contribution in [0.2, 0.25) is 0 Å². The largest absolute Gasteiger partial charge is 0.494 e. The maximum atomic E-state index is 13.8. The first kappa shape index (κ1) is 13.4. The Morgan fingerprint density at radius 2 is 2.30 bits per heavy atom. The molecule has 1 heterocycles. The molecule has 2 aromatic rings. The van der Waals surface area contributed by atoms with Gasteiger partial charge in [0.15, 0.2) is 11.6 Å². The number of benzene rings is 1. The maximum Gasteiger partial charge on any atom is 0.216 e. The molecule has 2 rings (SSSR count). The van der Waals surface area contributed by atoms with E-state index in [1.165, 1.54) is 7.11 Å². The number of aromatic amines is 1. The van der Waals surface area contributed by atoms with Gasteiger partial charge in [0, 0.05) is 6.20 Å². The molecule has 1 aromatic heterocycles. The number of hydrogen-bond donors (Lipinski definition) is 2. The molecule has 1 aromatic carbocycles. The third-order valence-electron chi connectivity index (χ3n) is 2.34. The summed E-state index contributed by atoms with van der Waals surface area (Å²) in [4.78, 5) is 0. The van der Waals surface area contributed by atoms with Gasteiger partial charge in [-0.3, -0.25) is 0 Å². The maximum absolute atomic E-state index is 13.8. The summed E-state index contributed by atoms with van der Waals surface area (Å²) in [6, 6.07) is 3.98. The van der Waals surface area contributed by atoms with Crippen LogP contribution in [0, 0.1) is 23.0 Å². The molecule has 0 aliphatic heterocycles. The molecule has 20 heavy (non-hydrogen) atoms. The quantitative estimate of drug-likeness (QED) is 0.821. The van der Waals surface area contributed by atoms with Crippen molar-refractivity contribution in [3.63, 3.8) is 0 Å². The average molecular weight is 278 g/mol. The summed E-state index contributed by atoms with van der Waals surface area (Å²) in [6.07, 6.45) is 1.08. The van der Waals surface area contributed by atoms with Crippen LogP contribution in [0.3, 0.4) is 0 Å². The van der Waals surface area contributed by atoms with Crippen molar-refractivity contribution in [2.24, 2.45) is 0 Å². The summed E-state index contributed by atoms with van der Waals surface area (Å²) in [6.45, 7) is 0. The molecule has 0 bridgehead atoms. The average Bonchev–Trinajstić information content (AvgIpc) is 2.97. The predicted molar refractivity (Wildman–Crippen MR) is 64.3 cm³/mol. The van der Waals surface area contributed by atoms with Gasteiger partial charge in [-0.1, -0.05) is 0 Å². The van der Waals surface area contributed by atoms with E-state index in [0.29, 0.717) is 0 Å². The number of H-pyrrole nitrogens is 1. The Kier molecular flexibility index (Phi) is 3.85. The van der Waals surface area contributed by atoms with Crippen LogP contribution in [0.25, 0.3) is 5.57 Å². The van der Waals surface area contributed by atoms with Crippen LogP contribution in [0.5, 0.6) is 5.75 Å². The molecule has 0 saturated carbocycles. The minimum atomic E-state index is -0.908. The Balaban J connectivity index is 2.33. The third kappa shape index (κ3) is 2.54. The highest BCUT2D eigenvalue weighted by molar-refractivity contribution is 5.74. The molecule has 0 radical (unpaired) electrons. The number of ether oxygens (including phenoxy) is 1. The van der Waals surface area contributed by atoms with Gasteiger partial charge in [0.25, 0.3) is 0 Å². The monoisotopic (exact) mass is 278 g/mol. The van der Waals surface area contributed by atoms with Gasteiger partial charge in [-0.25, -0.2) is 8.78 Å². The van der Waals surface area contributed by atoms with Gasteiger partial charge >= 0.3 is 0 Å². The normalized spacial score (nSPS) is 11.0. The van der Waals surface area contributed by atoms with E-state index in [9.17, 15) is 8.78 Å². The van der Waals surface area contributed by atoms with Crippen molar-refractivity contribution in [2.75, 3.05) is 12.4 Å². The zero-order chi connectivity index (χ0) is 14.5. The Morgan fingerprint density at radius 1 is 1.50 bits per heavy atom. The summed E-state index contributed by atoms with van der Waals surface area (Å²) in [5, 5.41) is 23.9. The molecule has 7 nitrogen and oxygen atoms in total. The van der Waals surface area contributed by atoms with Crippen molar-refractivity contribution >= 4 is 11.3 Å². The van der Waals surface area contributed by atoms with Crippen LogP contribution in [0.15, 0.2) is 18.3 Å². The predicted octanol–water partition coefficient (Wildman–Crippen LogP) is 1.46. The number of rotatable bonds is 4. The number of nitriles is 1. The van der Waals surface area contributed by atoms with Crippen molar-refractivity contribution in [1.82, 2.24) is 20.6 Å². The van der Waals surface area contributed by atoms with Crippen LogP contribution in [-0.2, 0) is 0 Å². The van der Waals surface area contributed by atoms with Crippen molar-refractivity contribution in [2.45, 2.75) is 0 Å². The first-order valence-corrected chi connectivity index (χ1v) is 5.30. The van der Waals surface area contributed by atoms with Crippen LogP contribution in [-0.4, -0.2) is 27.7 Å². The minimum absolute atomic E-state index is 0.00344. The minimum Gasteiger partial charge on any atom is -0.494 e. The fraction of sp³-hybridized carbons (Fsp3) is 0.0909. The highest BCUT2D eigenvalue weighted by atomic mass is 19.1. The number of hydrogen-bond acceptors (Lipinski definition) is 6. The smallest absolute Gasteiger partial charge is 0.216 e. The van der Waals surface area contributed by atoms with E-state index >= 15 is 0 Å². The molecular weight excluding hydrogens is 270 g/mol. The zero-order valence-corrected chi connectivity index (χ0v) is 10.2. The number of nitrogens with zero attached hydrogens (tertiary/aromatic N) is 4. The molecule has 0 aliphatic rings. The van der Waals surface area contributed by atoms with Crippen LogP contribution >= 0.6 is 0 Å². The summed E-state index contributed by atoms with van der Waals surface area (Å²) in [7, 11) is 1.26. The molecule has 9 heteroatoms. The number of nitrogens with one attached hydrogen (secondary N) is 2. The van der Waals surface area contributed by atoms with Gasteiger partial charge in [-0.15, -0.1) is 10.2 Å². The second-order valence-corrected chi connectivity index (χ2v) is 3.49. The van der Waals surface area contributed by atoms with E-state index in [0.717, 1.165) is 18.3 Å². The van der Waals surface area contributed by atoms with Gasteiger partial charge in [0.1, 0.15) is 23.1 Å². The summed E-state index contributed by atoms with van der Waals surface area (Å²) in [5.74, 6) is -1.86. The number of halogens is 2. The van der Waals surface area contributed by atoms with Crippen LogP contribution < -0.4 is 10.1 Å². The topological polar surface area (TPSA) is 99.5 Å². The molecule has 0 fully saturated rings. The standard InChI is InChI=1S/C11H8F2N6O/c1-20-8-3-2-7(12)10(9(8)13)15-5-6(4-14)11-16-18-19-17-11/h2-3,5,15H,1H3,(H,16,17,18,19). The first-order valence-electron chi connectivity index (χ1n) is 5.30. The van der Waals surface area contributed by atoms with Crippen molar-refractivity contribution in [3.8, 4) is 11.8 Å². The summed E-state index contributed by atoms with van der Waals surface area (Å²) < 4.78 is 32.1. The van der Waals surface area contributed by atoms with Gasteiger partial charge in [0.05, 0.1) is 7.11 Å². The highest BCUT2D eigenvalue weighted by Crippen LogP contribution is 2.27. The highest BCUT2D eigenvalue weighted by Gasteiger charge is 2.14. The Hall–Kier alpha value is -3.02. The second-order valence-electron chi connectivity index (χ2n) is 3.49. The summed E-state index contributed by atoms with van der Waals surface area (Å²) >= 11 is 0. The Labute approximate surface area is 111 Å². The molecule has 0 aliphatic carbocycles. The van der Waals surface area contributed by atoms with Crippen molar-refractivity contribution < 1.29 is 13.5 Å². The molecule has 2 N–H and O–H groups in total. The first-order chi connectivity index (χ1) is 9.67. The summed E-state index contributed by atoms with van der Waals surface area (Å²) in [5.41, 5.74) is -0.485. The lowest BCUT2D eigenvalue weighted by Crippen LogP contribution is -2.00. The van der Waals surface area contributed by atoms with Gasteiger partial charge in [-0.05, 0) is 17.3 Å². The van der Waals surface area contributed by atoms with Crippen LogP contribution in [0.1, 0.15) is 5.82 Å². The molecule has 0 amide bonds. The van der Waals surface area contributed by atoms with Gasteiger partial charge < -0.3 is 10.1 Å². The van der Waals surface area contributed by atoms with Gasteiger partial charge in [0.2, 0.25) is 5.82 Å². The number of aromatic nitrogens is 4. The lowest BCUT2D eigenvalue weighted by Gasteiger charge is -2.08. The zero-order valence-electron chi connectivity index (χ0n) is 10.2. The molecule has 0 unspecified atom stereocenters. The van der Waals surface area contributed by atoms with E-state index in [-0.39, 0.29) is 17.1 Å². The number of methoxy groups -OCH3 is 1. The molecule has 102 valence electrons. The molecule has 0 saturated heterocycles. The van der Waals surface area contributed by atoms with E-state index in [2.05, 4.69) is 25.9 Å². The van der Waals surface area contributed by atoms with E-state index in [4.69, 9.17) is 10.00 Å². The molecule has 0 atom stereocenters. The lowest BCUT2D eigenvalue weighted by molar-refractivity contribution is 0.385. The SMILES string of the molecule is COc1ccc(F)c(NC=C(C#N)c2nn[nH]n2)c1F. The number of tetrazole rings is 1.